The number of halogens is 2. The SMILES string of the molecule is COc1ccc(CNC(=O)c2ccc(NS(=O)(=O)c3ccc(F)c(Cl)c3)cc2)cc1. The van der Waals surface area contributed by atoms with Crippen molar-refractivity contribution in [2.75, 3.05) is 11.8 Å². The minimum absolute atomic E-state index is 0.171. The molecule has 0 aliphatic rings. The molecule has 0 saturated carbocycles. The molecule has 3 rings (SSSR count). The summed E-state index contributed by atoms with van der Waals surface area (Å²) in [7, 11) is -2.37. The highest BCUT2D eigenvalue weighted by molar-refractivity contribution is 7.92. The lowest BCUT2D eigenvalue weighted by atomic mass is 10.2. The fourth-order valence-electron chi connectivity index (χ4n) is 2.58. The summed E-state index contributed by atoms with van der Waals surface area (Å²) in [5.74, 6) is -0.280. The lowest BCUT2D eigenvalue weighted by Crippen LogP contribution is -2.22. The molecule has 9 heteroatoms. The number of benzene rings is 3. The van der Waals surface area contributed by atoms with Crippen LogP contribution < -0.4 is 14.8 Å². The zero-order valence-electron chi connectivity index (χ0n) is 15.9. The van der Waals surface area contributed by atoms with Gasteiger partial charge >= 0.3 is 0 Å². The van der Waals surface area contributed by atoms with Gasteiger partial charge in [0.15, 0.2) is 0 Å². The van der Waals surface area contributed by atoms with E-state index in [4.69, 9.17) is 16.3 Å². The van der Waals surface area contributed by atoms with Crippen molar-refractivity contribution in [3.8, 4) is 5.75 Å². The van der Waals surface area contributed by atoms with E-state index in [9.17, 15) is 17.6 Å². The van der Waals surface area contributed by atoms with Gasteiger partial charge in [0.25, 0.3) is 15.9 Å². The molecule has 0 unspecified atom stereocenters. The molecule has 0 aliphatic carbocycles. The zero-order valence-corrected chi connectivity index (χ0v) is 17.4. The van der Waals surface area contributed by atoms with Crippen LogP contribution in [-0.2, 0) is 16.6 Å². The topological polar surface area (TPSA) is 84.5 Å². The van der Waals surface area contributed by atoms with Gasteiger partial charge in [-0.05, 0) is 60.2 Å². The Morgan fingerprint density at radius 1 is 1.03 bits per heavy atom. The highest BCUT2D eigenvalue weighted by Crippen LogP contribution is 2.22. The molecule has 0 fully saturated rings. The van der Waals surface area contributed by atoms with E-state index in [1.807, 2.05) is 12.1 Å². The number of ether oxygens (including phenoxy) is 1. The van der Waals surface area contributed by atoms with Gasteiger partial charge in [0.1, 0.15) is 11.6 Å². The van der Waals surface area contributed by atoms with Crippen LogP contribution in [0.25, 0.3) is 0 Å². The van der Waals surface area contributed by atoms with Crippen molar-refractivity contribution in [1.82, 2.24) is 5.32 Å². The molecule has 0 radical (unpaired) electrons. The van der Waals surface area contributed by atoms with Gasteiger partial charge in [-0.25, -0.2) is 12.8 Å². The van der Waals surface area contributed by atoms with E-state index in [0.717, 1.165) is 29.5 Å². The number of rotatable bonds is 7. The number of sulfonamides is 1. The maximum absolute atomic E-state index is 13.2. The third kappa shape index (κ3) is 5.28. The van der Waals surface area contributed by atoms with Crippen molar-refractivity contribution in [1.29, 1.82) is 0 Å². The molecular weight excluding hydrogens is 431 g/mol. The minimum Gasteiger partial charge on any atom is -0.497 e. The number of carbonyl (C=O) groups excluding carboxylic acids is 1. The monoisotopic (exact) mass is 448 g/mol. The standard InChI is InChI=1S/C21H18ClFN2O4S/c1-29-17-8-2-14(3-9-17)13-24-21(26)15-4-6-16(7-5-15)25-30(27,28)18-10-11-20(23)19(22)12-18/h2-12,25H,13H2,1H3,(H,24,26). The molecule has 0 atom stereocenters. The predicted molar refractivity (Wildman–Crippen MR) is 113 cm³/mol. The smallest absolute Gasteiger partial charge is 0.261 e. The van der Waals surface area contributed by atoms with Gasteiger partial charge in [-0.1, -0.05) is 23.7 Å². The van der Waals surface area contributed by atoms with E-state index < -0.39 is 15.8 Å². The Bertz CT molecular complexity index is 1150. The van der Waals surface area contributed by atoms with Crippen molar-refractivity contribution >= 4 is 33.2 Å². The number of methoxy groups -OCH3 is 1. The second-order valence-corrected chi connectivity index (χ2v) is 8.38. The Hall–Kier alpha value is -3.10. The van der Waals surface area contributed by atoms with Crippen LogP contribution in [0.4, 0.5) is 10.1 Å². The van der Waals surface area contributed by atoms with Crippen molar-refractivity contribution in [3.05, 3.63) is 88.7 Å². The number of anilines is 1. The summed E-state index contributed by atoms with van der Waals surface area (Å²) in [6, 6.07) is 16.3. The molecule has 1 amide bonds. The van der Waals surface area contributed by atoms with Gasteiger partial charge in [0.2, 0.25) is 0 Å². The molecule has 0 aliphatic heterocycles. The maximum Gasteiger partial charge on any atom is 0.261 e. The fraction of sp³-hybridized carbons (Fsp3) is 0.0952. The van der Waals surface area contributed by atoms with Gasteiger partial charge in [0, 0.05) is 17.8 Å². The average Bonchev–Trinajstić information content (AvgIpc) is 2.74. The van der Waals surface area contributed by atoms with Crippen LogP contribution in [0, 0.1) is 5.82 Å². The molecule has 0 heterocycles. The highest BCUT2D eigenvalue weighted by Gasteiger charge is 2.16. The summed E-state index contributed by atoms with van der Waals surface area (Å²) in [5, 5.41) is 2.50. The molecule has 156 valence electrons. The van der Waals surface area contributed by atoms with Crippen LogP contribution >= 0.6 is 11.6 Å². The molecular formula is C21H18ClFN2O4S. The van der Waals surface area contributed by atoms with Gasteiger partial charge in [-0.15, -0.1) is 0 Å². The van der Waals surface area contributed by atoms with Gasteiger partial charge in [-0.3, -0.25) is 9.52 Å². The number of hydrogen-bond donors (Lipinski definition) is 2. The van der Waals surface area contributed by atoms with Crippen LogP contribution in [0.2, 0.25) is 5.02 Å². The van der Waals surface area contributed by atoms with Crippen molar-refractivity contribution in [2.45, 2.75) is 11.4 Å². The largest absolute Gasteiger partial charge is 0.497 e. The Morgan fingerprint density at radius 3 is 2.30 bits per heavy atom. The lowest BCUT2D eigenvalue weighted by Gasteiger charge is -2.10. The third-order valence-corrected chi connectivity index (χ3v) is 5.88. The molecule has 6 nitrogen and oxygen atoms in total. The average molecular weight is 449 g/mol. The summed E-state index contributed by atoms with van der Waals surface area (Å²) in [6.45, 7) is 0.336. The Morgan fingerprint density at radius 2 is 1.70 bits per heavy atom. The summed E-state index contributed by atoms with van der Waals surface area (Å²) >= 11 is 5.65. The molecule has 0 saturated heterocycles. The van der Waals surface area contributed by atoms with E-state index in [1.54, 1.807) is 19.2 Å². The van der Waals surface area contributed by atoms with Crippen molar-refractivity contribution < 1.29 is 22.3 Å². The predicted octanol–water partition coefficient (Wildman–Crippen LogP) is 4.22. The Labute approximate surface area is 178 Å². The third-order valence-electron chi connectivity index (χ3n) is 4.21. The summed E-state index contributed by atoms with van der Waals surface area (Å²) < 4.78 is 45.5. The van der Waals surface area contributed by atoms with Gasteiger partial charge in [-0.2, -0.15) is 0 Å². The first-order chi connectivity index (χ1) is 14.3. The first-order valence-corrected chi connectivity index (χ1v) is 10.6. The van der Waals surface area contributed by atoms with E-state index >= 15 is 0 Å². The first-order valence-electron chi connectivity index (χ1n) is 8.77. The second kappa shape index (κ2) is 9.15. The van der Waals surface area contributed by atoms with Crippen LogP contribution in [0.15, 0.2) is 71.6 Å². The Balaban J connectivity index is 1.63. The van der Waals surface area contributed by atoms with E-state index in [1.165, 1.54) is 24.3 Å². The van der Waals surface area contributed by atoms with Crippen LogP contribution in [0.1, 0.15) is 15.9 Å². The van der Waals surface area contributed by atoms with Crippen molar-refractivity contribution in [3.63, 3.8) is 0 Å². The summed E-state index contributed by atoms with van der Waals surface area (Å²) in [5.41, 5.74) is 1.53. The molecule has 0 bridgehead atoms. The molecule has 0 aromatic heterocycles. The molecule has 2 N–H and O–H groups in total. The molecule has 3 aromatic carbocycles. The normalized spacial score (nSPS) is 11.0. The van der Waals surface area contributed by atoms with Crippen LogP contribution in [-0.4, -0.2) is 21.4 Å². The van der Waals surface area contributed by atoms with E-state index in [0.29, 0.717) is 12.1 Å². The quantitative estimate of drug-likeness (QED) is 0.566. The summed E-state index contributed by atoms with van der Waals surface area (Å²) in [4.78, 5) is 12.1. The minimum atomic E-state index is -3.95. The Kier molecular flexibility index (Phi) is 6.59. The van der Waals surface area contributed by atoms with Gasteiger partial charge in [0.05, 0.1) is 17.0 Å². The lowest BCUT2D eigenvalue weighted by molar-refractivity contribution is 0.0951. The molecule has 30 heavy (non-hydrogen) atoms. The first kappa shape index (κ1) is 21.6. The number of carbonyl (C=O) groups is 1. The number of nitrogens with one attached hydrogen (secondary N) is 2. The molecule has 0 spiro atoms. The van der Waals surface area contributed by atoms with Crippen LogP contribution in [0.5, 0.6) is 5.75 Å². The van der Waals surface area contributed by atoms with Crippen molar-refractivity contribution in [2.24, 2.45) is 0 Å². The van der Waals surface area contributed by atoms with Crippen LogP contribution in [0.3, 0.4) is 0 Å². The maximum atomic E-state index is 13.2. The fourth-order valence-corrected chi connectivity index (χ4v) is 3.91. The van der Waals surface area contributed by atoms with E-state index in [-0.39, 0.29) is 21.5 Å². The summed E-state index contributed by atoms with van der Waals surface area (Å²) in [6.07, 6.45) is 0. The highest BCUT2D eigenvalue weighted by atomic mass is 35.5. The van der Waals surface area contributed by atoms with E-state index in [2.05, 4.69) is 10.0 Å². The second-order valence-electron chi connectivity index (χ2n) is 6.29. The number of amides is 1. The zero-order chi connectivity index (χ0) is 21.7. The number of hydrogen-bond acceptors (Lipinski definition) is 4. The molecule has 3 aromatic rings. The van der Waals surface area contributed by atoms with Gasteiger partial charge < -0.3 is 10.1 Å².